The number of urea groups is 1. The summed E-state index contributed by atoms with van der Waals surface area (Å²) in [6, 6.07) is 4.62. The average Bonchev–Trinajstić information content (AvgIpc) is 2.98. The van der Waals surface area contributed by atoms with Gasteiger partial charge >= 0.3 is 6.03 Å². The standard InChI is InChI=1S/C21H28N4O5.ClH/c1-14(26)22-15-6-7-18(30-2)16(13-15)17(27)5-3-4-10-25-11-8-21(9-12-25)19(28)23-20(29)24-21;/h6-7,13H,3-5,8-12H2,1-2H3,(H,22,26)(H2,23,24,28,29);1H. The average molecular weight is 453 g/mol. The van der Waals surface area contributed by atoms with Crippen molar-refractivity contribution in [1.29, 1.82) is 0 Å². The number of Topliss-reactive ketones (excluding diaryl/α,β-unsaturated/α-hetero) is 1. The molecular formula is C21H29ClN4O5. The van der Waals surface area contributed by atoms with Crippen molar-refractivity contribution in [2.75, 3.05) is 32.1 Å². The number of piperidine rings is 1. The van der Waals surface area contributed by atoms with Crippen LogP contribution in [-0.2, 0) is 9.59 Å². The number of amides is 4. The van der Waals surface area contributed by atoms with Crippen LogP contribution >= 0.6 is 12.4 Å². The second-order valence-corrected chi connectivity index (χ2v) is 7.81. The molecule has 0 atom stereocenters. The van der Waals surface area contributed by atoms with Crippen molar-refractivity contribution in [3.8, 4) is 5.75 Å². The molecule has 0 saturated carbocycles. The van der Waals surface area contributed by atoms with E-state index >= 15 is 0 Å². The van der Waals surface area contributed by atoms with E-state index in [9.17, 15) is 19.2 Å². The van der Waals surface area contributed by atoms with Crippen LogP contribution < -0.4 is 20.7 Å². The molecule has 0 aromatic heterocycles. The fraction of sp³-hybridized carbons (Fsp3) is 0.524. The lowest BCUT2D eigenvalue weighted by molar-refractivity contribution is -0.125. The third-order valence-electron chi connectivity index (χ3n) is 5.67. The van der Waals surface area contributed by atoms with Crippen LogP contribution in [0.5, 0.6) is 5.75 Å². The molecule has 4 amide bonds. The number of methoxy groups -OCH3 is 1. The Bertz CT molecular complexity index is 852. The molecule has 2 fully saturated rings. The Balaban J connectivity index is 0.00000341. The first kappa shape index (κ1) is 24.6. The molecule has 1 aromatic carbocycles. The number of likely N-dealkylation sites (tertiary alicyclic amines) is 1. The number of hydrogen-bond acceptors (Lipinski definition) is 6. The van der Waals surface area contributed by atoms with Gasteiger partial charge in [-0.05, 0) is 50.4 Å². The Kier molecular flexibility index (Phi) is 8.41. The minimum atomic E-state index is -0.751. The molecule has 1 aromatic rings. The van der Waals surface area contributed by atoms with Gasteiger partial charge in [0, 0.05) is 32.1 Å². The van der Waals surface area contributed by atoms with E-state index in [2.05, 4.69) is 20.9 Å². The SMILES string of the molecule is COc1ccc(NC(C)=O)cc1C(=O)CCCCN1CCC2(CC1)NC(=O)NC2=O.Cl. The summed E-state index contributed by atoms with van der Waals surface area (Å²) in [6.07, 6.45) is 3.15. The van der Waals surface area contributed by atoms with Crippen LogP contribution in [0, 0.1) is 0 Å². The van der Waals surface area contributed by atoms with Gasteiger partial charge in [-0.15, -0.1) is 12.4 Å². The molecule has 31 heavy (non-hydrogen) atoms. The predicted octanol–water partition coefficient (Wildman–Crippen LogP) is 2.10. The van der Waals surface area contributed by atoms with Gasteiger partial charge in [-0.1, -0.05) is 0 Å². The number of unbranched alkanes of at least 4 members (excludes halogenated alkanes) is 1. The molecule has 3 N–H and O–H groups in total. The van der Waals surface area contributed by atoms with Gasteiger partial charge in [-0.2, -0.15) is 0 Å². The lowest BCUT2D eigenvalue weighted by Crippen LogP contribution is -2.54. The van der Waals surface area contributed by atoms with E-state index in [-0.39, 0.29) is 30.0 Å². The van der Waals surface area contributed by atoms with Crippen molar-refractivity contribution in [2.45, 2.75) is 44.6 Å². The molecule has 170 valence electrons. The largest absolute Gasteiger partial charge is 0.496 e. The molecule has 10 heteroatoms. The molecule has 0 aliphatic carbocycles. The molecule has 0 radical (unpaired) electrons. The summed E-state index contributed by atoms with van der Waals surface area (Å²) in [5.41, 5.74) is 0.280. The van der Waals surface area contributed by atoms with Gasteiger partial charge in [0.1, 0.15) is 11.3 Å². The number of rotatable bonds is 8. The van der Waals surface area contributed by atoms with Gasteiger partial charge in [0.2, 0.25) is 5.91 Å². The summed E-state index contributed by atoms with van der Waals surface area (Å²) in [5.74, 6) is 0.0408. The highest BCUT2D eigenvalue weighted by molar-refractivity contribution is 6.07. The van der Waals surface area contributed by atoms with Crippen molar-refractivity contribution < 1.29 is 23.9 Å². The lowest BCUT2D eigenvalue weighted by Gasteiger charge is -2.36. The molecular weight excluding hydrogens is 424 g/mol. The number of ketones is 1. The number of imide groups is 1. The van der Waals surface area contributed by atoms with Gasteiger partial charge in [0.15, 0.2) is 5.78 Å². The summed E-state index contributed by atoms with van der Waals surface area (Å²) in [6.45, 7) is 3.71. The van der Waals surface area contributed by atoms with Crippen LogP contribution in [0.15, 0.2) is 18.2 Å². The molecule has 2 aliphatic heterocycles. The summed E-state index contributed by atoms with van der Waals surface area (Å²) in [4.78, 5) is 49.6. The Morgan fingerprint density at radius 3 is 2.48 bits per heavy atom. The second-order valence-electron chi connectivity index (χ2n) is 7.81. The highest BCUT2D eigenvalue weighted by Gasteiger charge is 2.47. The van der Waals surface area contributed by atoms with Crippen LogP contribution in [0.25, 0.3) is 0 Å². The highest BCUT2D eigenvalue weighted by atomic mass is 35.5. The number of ether oxygens (including phenoxy) is 1. The first-order valence-electron chi connectivity index (χ1n) is 10.2. The van der Waals surface area contributed by atoms with E-state index in [4.69, 9.17) is 4.74 Å². The normalized spacial score (nSPS) is 17.5. The minimum Gasteiger partial charge on any atom is -0.496 e. The maximum absolute atomic E-state index is 12.7. The number of carbonyl (C=O) groups is 4. The quantitative estimate of drug-likeness (QED) is 0.316. The maximum atomic E-state index is 12.7. The van der Waals surface area contributed by atoms with Crippen molar-refractivity contribution in [2.24, 2.45) is 0 Å². The molecule has 3 rings (SSSR count). The zero-order chi connectivity index (χ0) is 21.7. The summed E-state index contributed by atoms with van der Waals surface area (Å²) < 4.78 is 5.29. The minimum absolute atomic E-state index is 0. The van der Waals surface area contributed by atoms with Crippen molar-refractivity contribution in [3.05, 3.63) is 23.8 Å². The number of nitrogens with zero attached hydrogens (tertiary/aromatic N) is 1. The van der Waals surface area contributed by atoms with Crippen molar-refractivity contribution in [3.63, 3.8) is 0 Å². The first-order valence-corrected chi connectivity index (χ1v) is 10.2. The van der Waals surface area contributed by atoms with Gasteiger partial charge in [0.25, 0.3) is 5.91 Å². The van der Waals surface area contributed by atoms with Crippen LogP contribution in [0.1, 0.15) is 49.4 Å². The Morgan fingerprint density at radius 1 is 1.19 bits per heavy atom. The van der Waals surface area contributed by atoms with Gasteiger partial charge < -0.3 is 20.3 Å². The number of nitrogens with one attached hydrogen (secondary N) is 3. The van der Waals surface area contributed by atoms with Crippen LogP contribution in [0.4, 0.5) is 10.5 Å². The zero-order valence-corrected chi connectivity index (χ0v) is 18.6. The number of benzene rings is 1. The summed E-state index contributed by atoms with van der Waals surface area (Å²) >= 11 is 0. The highest BCUT2D eigenvalue weighted by Crippen LogP contribution is 2.27. The number of halogens is 1. The fourth-order valence-corrected chi connectivity index (χ4v) is 4.00. The number of anilines is 1. The monoisotopic (exact) mass is 452 g/mol. The molecule has 9 nitrogen and oxygen atoms in total. The van der Waals surface area contributed by atoms with Gasteiger partial charge in [-0.25, -0.2) is 4.79 Å². The Morgan fingerprint density at radius 2 is 1.90 bits per heavy atom. The van der Waals surface area contributed by atoms with Crippen LogP contribution in [-0.4, -0.2) is 60.8 Å². The number of carbonyl (C=O) groups excluding carboxylic acids is 4. The second kappa shape index (κ2) is 10.6. The molecule has 2 aliphatic rings. The lowest BCUT2D eigenvalue weighted by atomic mass is 9.87. The van der Waals surface area contributed by atoms with E-state index < -0.39 is 11.6 Å². The van der Waals surface area contributed by atoms with Crippen LogP contribution in [0.2, 0.25) is 0 Å². The van der Waals surface area contributed by atoms with E-state index in [1.807, 2.05) is 0 Å². The van der Waals surface area contributed by atoms with Crippen LogP contribution in [0.3, 0.4) is 0 Å². The molecule has 0 unspecified atom stereocenters. The smallest absolute Gasteiger partial charge is 0.322 e. The predicted molar refractivity (Wildman–Crippen MR) is 118 cm³/mol. The van der Waals surface area contributed by atoms with Gasteiger partial charge in [0.05, 0.1) is 12.7 Å². The van der Waals surface area contributed by atoms with Gasteiger partial charge in [-0.3, -0.25) is 19.7 Å². The zero-order valence-electron chi connectivity index (χ0n) is 17.8. The third-order valence-corrected chi connectivity index (χ3v) is 5.67. The molecule has 1 spiro atoms. The summed E-state index contributed by atoms with van der Waals surface area (Å²) in [7, 11) is 1.51. The first-order chi connectivity index (χ1) is 14.3. The van der Waals surface area contributed by atoms with Crippen molar-refractivity contribution in [1.82, 2.24) is 15.5 Å². The van der Waals surface area contributed by atoms with E-state index in [0.717, 1.165) is 32.5 Å². The number of hydrogen-bond donors (Lipinski definition) is 3. The fourth-order valence-electron chi connectivity index (χ4n) is 4.00. The van der Waals surface area contributed by atoms with E-state index in [1.165, 1.54) is 14.0 Å². The van der Waals surface area contributed by atoms with Crippen molar-refractivity contribution >= 4 is 41.7 Å². The topological polar surface area (TPSA) is 117 Å². The van der Waals surface area contributed by atoms with E-state index in [1.54, 1.807) is 18.2 Å². The summed E-state index contributed by atoms with van der Waals surface area (Å²) in [5, 5.41) is 7.76. The molecule has 0 bridgehead atoms. The molecule has 2 heterocycles. The van der Waals surface area contributed by atoms with E-state index in [0.29, 0.717) is 36.3 Å². The maximum Gasteiger partial charge on any atom is 0.322 e. The molecule has 2 saturated heterocycles. The Labute approximate surface area is 187 Å². The third kappa shape index (κ3) is 5.95. The Hall–Kier alpha value is -2.65.